The third kappa shape index (κ3) is 2.36. The number of hydrogen-bond acceptors (Lipinski definition) is 3. The first-order chi connectivity index (χ1) is 10.4. The smallest absolute Gasteiger partial charge is 0.267 e. The van der Waals surface area contributed by atoms with Crippen LogP contribution in [0.2, 0.25) is 0 Å². The minimum atomic E-state index is -3.84. The maximum absolute atomic E-state index is 12.7. The van der Waals surface area contributed by atoms with Crippen LogP contribution in [0.1, 0.15) is 17.2 Å². The SMILES string of the molecule is Cc1ccc(S(=O)(=O)N2C(=O)C(Br)[C@H]2c2ccccc2)cc1. The summed E-state index contributed by atoms with van der Waals surface area (Å²) >= 11 is 3.29. The number of β-lactam (4-membered cyclic amide) rings is 1. The summed E-state index contributed by atoms with van der Waals surface area (Å²) in [5.74, 6) is -0.436. The number of carbonyl (C=O) groups is 1. The van der Waals surface area contributed by atoms with Crippen LogP contribution in [0.5, 0.6) is 0 Å². The van der Waals surface area contributed by atoms with E-state index >= 15 is 0 Å². The molecule has 1 saturated heterocycles. The number of hydrogen-bond donors (Lipinski definition) is 0. The molecule has 22 heavy (non-hydrogen) atoms. The standard InChI is InChI=1S/C16H14BrNO3S/c1-11-7-9-13(10-8-11)22(20,21)18-15(14(17)16(18)19)12-5-3-2-4-6-12/h2-10,14-15H,1H3/t14?,15-/m1/s1. The first kappa shape index (κ1) is 15.2. The van der Waals surface area contributed by atoms with E-state index in [1.54, 1.807) is 12.1 Å². The van der Waals surface area contributed by atoms with Gasteiger partial charge in [0.2, 0.25) is 0 Å². The molecule has 2 aromatic carbocycles. The lowest BCUT2D eigenvalue weighted by Gasteiger charge is -2.43. The highest BCUT2D eigenvalue weighted by Crippen LogP contribution is 2.43. The van der Waals surface area contributed by atoms with Crippen LogP contribution in [0.4, 0.5) is 0 Å². The molecule has 1 amide bonds. The number of aryl methyl sites for hydroxylation is 1. The van der Waals surface area contributed by atoms with Crippen LogP contribution in [0.15, 0.2) is 59.5 Å². The summed E-state index contributed by atoms with van der Waals surface area (Å²) < 4.78 is 26.5. The zero-order chi connectivity index (χ0) is 15.9. The third-order valence-corrected chi connectivity index (χ3v) is 6.39. The number of rotatable bonds is 3. The van der Waals surface area contributed by atoms with E-state index in [0.29, 0.717) is 0 Å². The predicted molar refractivity (Wildman–Crippen MR) is 87.1 cm³/mol. The van der Waals surface area contributed by atoms with Crippen molar-refractivity contribution in [2.24, 2.45) is 0 Å². The molecule has 1 heterocycles. The predicted octanol–water partition coefficient (Wildman–Crippen LogP) is 3.03. The summed E-state index contributed by atoms with van der Waals surface area (Å²) in [5.41, 5.74) is 1.76. The molecule has 0 aromatic heterocycles. The van der Waals surface area contributed by atoms with Gasteiger partial charge in [-0.2, -0.15) is 0 Å². The molecule has 4 nitrogen and oxygen atoms in total. The summed E-state index contributed by atoms with van der Waals surface area (Å²) in [7, 11) is -3.84. The monoisotopic (exact) mass is 379 g/mol. The van der Waals surface area contributed by atoms with Crippen LogP contribution in [0.25, 0.3) is 0 Å². The number of amides is 1. The van der Waals surface area contributed by atoms with Gasteiger partial charge < -0.3 is 0 Å². The van der Waals surface area contributed by atoms with Crippen molar-refractivity contribution in [2.45, 2.75) is 22.7 Å². The topological polar surface area (TPSA) is 54.5 Å². The van der Waals surface area contributed by atoms with Gasteiger partial charge in [-0.3, -0.25) is 4.79 Å². The van der Waals surface area contributed by atoms with E-state index in [2.05, 4.69) is 15.9 Å². The van der Waals surface area contributed by atoms with Crippen molar-refractivity contribution in [3.63, 3.8) is 0 Å². The van der Waals surface area contributed by atoms with E-state index in [9.17, 15) is 13.2 Å². The van der Waals surface area contributed by atoms with Gasteiger partial charge >= 0.3 is 0 Å². The lowest BCUT2D eigenvalue weighted by atomic mass is 9.97. The second-order valence-electron chi connectivity index (χ2n) is 5.21. The molecule has 114 valence electrons. The van der Waals surface area contributed by atoms with Crippen molar-refractivity contribution in [3.05, 3.63) is 65.7 Å². The molecule has 2 atom stereocenters. The van der Waals surface area contributed by atoms with Crippen LogP contribution in [-0.4, -0.2) is 23.5 Å². The Labute approximate surface area is 137 Å². The molecule has 6 heteroatoms. The zero-order valence-electron chi connectivity index (χ0n) is 11.8. The number of halogens is 1. The summed E-state index contributed by atoms with van der Waals surface area (Å²) in [5, 5.41) is 0. The first-order valence-electron chi connectivity index (χ1n) is 6.77. The van der Waals surface area contributed by atoms with Gasteiger partial charge in [0.05, 0.1) is 10.9 Å². The maximum atomic E-state index is 12.7. The fraction of sp³-hybridized carbons (Fsp3) is 0.188. The van der Waals surface area contributed by atoms with E-state index in [0.717, 1.165) is 15.4 Å². The first-order valence-corrected chi connectivity index (χ1v) is 9.12. The molecule has 1 aliphatic heterocycles. The number of benzene rings is 2. The lowest BCUT2D eigenvalue weighted by Crippen LogP contribution is -2.58. The highest BCUT2D eigenvalue weighted by molar-refractivity contribution is 9.10. The molecule has 0 saturated carbocycles. The number of carbonyl (C=O) groups excluding carboxylic acids is 1. The fourth-order valence-electron chi connectivity index (χ4n) is 2.48. The Bertz CT molecular complexity index is 803. The van der Waals surface area contributed by atoms with Crippen LogP contribution < -0.4 is 0 Å². The minimum Gasteiger partial charge on any atom is -0.272 e. The van der Waals surface area contributed by atoms with E-state index in [1.807, 2.05) is 37.3 Å². The highest BCUT2D eigenvalue weighted by Gasteiger charge is 2.53. The van der Waals surface area contributed by atoms with E-state index in [1.165, 1.54) is 12.1 Å². The molecule has 0 bridgehead atoms. The molecular formula is C16H14BrNO3S. The number of alkyl halides is 1. The van der Waals surface area contributed by atoms with Gasteiger partial charge in [-0.15, -0.1) is 0 Å². The van der Waals surface area contributed by atoms with Gasteiger partial charge in [0.1, 0.15) is 4.83 Å². The van der Waals surface area contributed by atoms with Gasteiger partial charge in [-0.1, -0.05) is 64.0 Å². The third-order valence-electron chi connectivity index (χ3n) is 3.70. The van der Waals surface area contributed by atoms with Gasteiger partial charge in [0.25, 0.3) is 15.9 Å². The van der Waals surface area contributed by atoms with Crippen LogP contribution in [-0.2, 0) is 14.8 Å². The average Bonchev–Trinajstić information content (AvgIpc) is 2.52. The summed E-state index contributed by atoms with van der Waals surface area (Å²) in [6.45, 7) is 1.88. The van der Waals surface area contributed by atoms with Crippen LogP contribution in [0.3, 0.4) is 0 Å². The summed E-state index contributed by atoms with van der Waals surface area (Å²) in [6, 6.07) is 15.1. The Balaban J connectivity index is 2.02. The highest BCUT2D eigenvalue weighted by atomic mass is 79.9. The van der Waals surface area contributed by atoms with Crippen LogP contribution in [0, 0.1) is 6.92 Å². The Morgan fingerprint density at radius 1 is 1.00 bits per heavy atom. The van der Waals surface area contributed by atoms with E-state index in [4.69, 9.17) is 0 Å². The molecular weight excluding hydrogens is 366 g/mol. The molecule has 1 aliphatic rings. The molecule has 0 spiro atoms. The van der Waals surface area contributed by atoms with Gasteiger partial charge in [0, 0.05) is 0 Å². The molecule has 2 aromatic rings. The van der Waals surface area contributed by atoms with Gasteiger partial charge in [-0.05, 0) is 24.6 Å². The maximum Gasteiger partial charge on any atom is 0.267 e. The average molecular weight is 380 g/mol. The van der Waals surface area contributed by atoms with Crippen molar-refractivity contribution in [3.8, 4) is 0 Å². The summed E-state index contributed by atoms with van der Waals surface area (Å²) in [6.07, 6.45) is 0. The zero-order valence-corrected chi connectivity index (χ0v) is 14.2. The lowest BCUT2D eigenvalue weighted by molar-refractivity contribution is -0.136. The minimum absolute atomic E-state index is 0.131. The fourth-order valence-corrected chi connectivity index (χ4v) is 5.13. The Kier molecular flexibility index (Phi) is 3.82. The van der Waals surface area contributed by atoms with Crippen molar-refractivity contribution in [1.82, 2.24) is 4.31 Å². The largest absolute Gasteiger partial charge is 0.272 e. The Morgan fingerprint density at radius 3 is 2.18 bits per heavy atom. The Hall–Kier alpha value is -1.66. The molecule has 0 N–H and O–H groups in total. The molecule has 1 fully saturated rings. The second kappa shape index (κ2) is 5.52. The van der Waals surface area contributed by atoms with Crippen LogP contribution >= 0.6 is 15.9 Å². The van der Waals surface area contributed by atoms with E-state index in [-0.39, 0.29) is 4.90 Å². The molecule has 0 aliphatic carbocycles. The quantitative estimate of drug-likeness (QED) is 0.608. The number of sulfonamides is 1. The van der Waals surface area contributed by atoms with Gasteiger partial charge in [0.15, 0.2) is 0 Å². The Morgan fingerprint density at radius 2 is 1.59 bits per heavy atom. The number of nitrogens with zero attached hydrogens (tertiary/aromatic N) is 1. The van der Waals surface area contributed by atoms with Crippen molar-refractivity contribution in [2.75, 3.05) is 0 Å². The molecule has 3 rings (SSSR count). The van der Waals surface area contributed by atoms with E-state index < -0.39 is 26.8 Å². The van der Waals surface area contributed by atoms with Gasteiger partial charge in [-0.25, -0.2) is 12.7 Å². The summed E-state index contributed by atoms with van der Waals surface area (Å²) in [4.78, 5) is 11.7. The van der Waals surface area contributed by atoms with Crippen molar-refractivity contribution >= 4 is 31.9 Å². The van der Waals surface area contributed by atoms with Crippen molar-refractivity contribution in [1.29, 1.82) is 0 Å². The molecule has 0 radical (unpaired) electrons. The normalized spacial score (nSPS) is 21.5. The molecule has 1 unspecified atom stereocenters. The second-order valence-corrected chi connectivity index (χ2v) is 8.01. The van der Waals surface area contributed by atoms with Crippen molar-refractivity contribution < 1.29 is 13.2 Å².